The van der Waals surface area contributed by atoms with E-state index in [1.54, 1.807) is 12.1 Å². The maximum absolute atomic E-state index is 12.5. The summed E-state index contributed by atoms with van der Waals surface area (Å²) in [6.45, 7) is 1.39. The number of carbonyl (C=O) groups is 2. The van der Waals surface area contributed by atoms with E-state index in [-0.39, 0.29) is 28.4 Å². The Morgan fingerprint density at radius 2 is 1.72 bits per heavy atom. The van der Waals surface area contributed by atoms with Gasteiger partial charge in [0.15, 0.2) is 17.6 Å². The summed E-state index contributed by atoms with van der Waals surface area (Å²) < 4.78 is 20.6. The van der Waals surface area contributed by atoms with Crippen LogP contribution in [0.25, 0.3) is 0 Å². The van der Waals surface area contributed by atoms with E-state index in [0.717, 1.165) is 0 Å². The molecule has 29 heavy (non-hydrogen) atoms. The van der Waals surface area contributed by atoms with Crippen LogP contribution in [0.3, 0.4) is 0 Å². The van der Waals surface area contributed by atoms with Gasteiger partial charge < -0.3 is 24.3 Å². The number of hydrogen-bond donors (Lipinski definition) is 1. The van der Waals surface area contributed by atoms with E-state index >= 15 is 0 Å². The van der Waals surface area contributed by atoms with Crippen molar-refractivity contribution < 1.29 is 33.5 Å². The minimum Gasteiger partial charge on any atom is -0.494 e. The van der Waals surface area contributed by atoms with Gasteiger partial charge in [-0.15, -0.1) is 0 Å². The zero-order chi connectivity index (χ0) is 21.6. The van der Waals surface area contributed by atoms with Crippen molar-refractivity contribution in [3.05, 3.63) is 52.1 Å². The van der Waals surface area contributed by atoms with Crippen molar-refractivity contribution in [2.24, 2.45) is 0 Å². The Kier molecular flexibility index (Phi) is 6.96. The summed E-state index contributed by atoms with van der Waals surface area (Å²) in [6, 6.07) is 8.41. The fraction of sp³-hybridized carbons (Fsp3) is 0.263. The number of nitrogens with one attached hydrogen (secondary N) is 1. The second-order valence-corrected chi connectivity index (χ2v) is 5.72. The van der Waals surface area contributed by atoms with Gasteiger partial charge in [-0.05, 0) is 25.1 Å². The van der Waals surface area contributed by atoms with E-state index in [9.17, 15) is 19.7 Å². The lowest BCUT2D eigenvalue weighted by atomic mass is 10.2. The van der Waals surface area contributed by atoms with Gasteiger partial charge in [0.1, 0.15) is 11.3 Å². The first-order valence-corrected chi connectivity index (χ1v) is 8.37. The normalized spacial score (nSPS) is 11.2. The van der Waals surface area contributed by atoms with E-state index in [1.165, 1.54) is 52.5 Å². The van der Waals surface area contributed by atoms with Crippen molar-refractivity contribution in [2.75, 3.05) is 26.6 Å². The fourth-order valence-electron chi connectivity index (χ4n) is 2.46. The third kappa shape index (κ3) is 4.92. The molecule has 0 heterocycles. The number of ether oxygens (including phenoxy) is 4. The molecule has 0 aliphatic carbocycles. The number of hydrogen-bond acceptors (Lipinski definition) is 8. The molecule has 0 aromatic heterocycles. The molecule has 2 aromatic carbocycles. The summed E-state index contributed by atoms with van der Waals surface area (Å²) in [4.78, 5) is 35.1. The number of nitro groups is 1. The van der Waals surface area contributed by atoms with E-state index < -0.39 is 22.9 Å². The topological polar surface area (TPSA) is 126 Å². The van der Waals surface area contributed by atoms with Crippen molar-refractivity contribution in [1.82, 2.24) is 0 Å². The van der Waals surface area contributed by atoms with Crippen LogP contribution in [0, 0.1) is 10.1 Å². The molecule has 0 fully saturated rings. The highest BCUT2D eigenvalue weighted by molar-refractivity contribution is 5.99. The summed E-state index contributed by atoms with van der Waals surface area (Å²) in [7, 11) is 4.12. The number of esters is 1. The number of methoxy groups -OCH3 is 3. The van der Waals surface area contributed by atoms with E-state index in [1.807, 2.05) is 0 Å². The minimum atomic E-state index is -1.17. The highest BCUT2D eigenvalue weighted by atomic mass is 16.6. The Labute approximate surface area is 166 Å². The van der Waals surface area contributed by atoms with Crippen molar-refractivity contribution >= 4 is 23.3 Å². The summed E-state index contributed by atoms with van der Waals surface area (Å²) in [5, 5.41) is 13.4. The molecule has 0 unspecified atom stereocenters. The predicted octanol–water partition coefficient (Wildman–Crippen LogP) is 2.80. The van der Waals surface area contributed by atoms with Crippen molar-refractivity contribution in [3.63, 3.8) is 0 Å². The van der Waals surface area contributed by atoms with Crippen LogP contribution >= 0.6 is 0 Å². The molecule has 2 rings (SSSR count). The van der Waals surface area contributed by atoms with Gasteiger partial charge in [-0.3, -0.25) is 14.9 Å². The van der Waals surface area contributed by atoms with Crippen LogP contribution in [-0.2, 0) is 9.53 Å². The van der Waals surface area contributed by atoms with Crippen LogP contribution in [0.2, 0.25) is 0 Å². The van der Waals surface area contributed by atoms with Crippen LogP contribution in [0.5, 0.6) is 17.2 Å². The lowest BCUT2D eigenvalue weighted by molar-refractivity contribution is -0.384. The first-order chi connectivity index (χ1) is 13.8. The molecule has 0 aliphatic heterocycles. The standard InChI is InChI=1S/C19H20N2O8/c1-11(29-19(23)13-6-5-7-15(26-2)17(13)28-4)18(22)20-14-9-8-12(21(24)25)10-16(14)27-3/h5-11H,1-4H3,(H,20,22)/t11-/m1/s1. The highest BCUT2D eigenvalue weighted by Crippen LogP contribution is 2.32. The molecule has 154 valence electrons. The molecule has 1 amide bonds. The second-order valence-electron chi connectivity index (χ2n) is 5.72. The number of nitro benzene ring substituents is 1. The average molecular weight is 404 g/mol. The highest BCUT2D eigenvalue weighted by Gasteiger charge is 2.24. The van der Waals surface area contributed by atoms with Crippen molar-refractivity contribution in [3.8, 4) is 17.2 Å². The van der Waals surface area contributed by atoms with Crippen LogP contribution in [-0.4, -0.2) is 44.2 Å². The zero-order valence-electron chi connectivity index (χ0n) is 16.3. The molecule has 0 spiro atoms. The van der Waals surface area contributed by atoms with Crippen LogP contribution in [0.15, 0.2) is 36.4 Å². The lowest BCUT2D eigenvalue weighted by Crippen LogP contribution is -2.30. The largest absolute Gasteiger partial charge is 0.494 e. The molecular weight excluding hydrogens is 384 g/mol. The molecular formula is C19H20N2O8. The summed E-state index contributed by atoms with van der Waals surface area (Å²) in [6.07, 6.45) is -1.17. The van der Waals surface area contributed by atoms with Gasteiger partial charge in [0.25, 0.3) is 11.6 Å². The number of carbonyl (C=O) groups excluding carboxylic acids is 2. The lowest BCUT2D eigenvalue weighted by Gasteiger charge is -2.16. The number of non-ortho nitro benzene ring substituents is 1. The van der Waals surface area contributed by atoms with E-state index in [2.05, 4.69) is 5.32 Å². The number of benzene rings is 2. The second kappa shape index (κ2) is 9.40. The van der Waals surface area contributed by atoms with Crippen molar-refractivity contribution in [2.45, 2.75) is 13.0 Å². The number of nitrogens with zero attached hydrogens (tertiary/aromatic N) is 1. The average Bonchev–Trinajstić information content (AvgIpc) is 2.72. The van der Waals surface area contributed by atoms with Gasteiger partial charge in [-0.25, -0.2) is 4.79 Å². The minimum absolute atomic E-state index is 0.0967. The first kappa shape index (κ1) is 21.5. The quantitative estimate of drug-likeness (QED) is 0.404. The van der Waals surface area contributed by atoms with E-state index in [4.69, 9.17) is 18.9 Å². The molecule has 10 nitrogen and oxygen atoms in total. The molecule has 0 saturated carbocycles. The molecule has 0 radical (unpaired) electrons. The monoisotopic (exact) mass is 404 g/mol. The Morgan fingerprint density at radius 3 is 2.31 bits per heavy atom. The van der Waals surface area contributed by atoms with Gasteiger partial charge in [-0.2, -0.15) is 0 Å². The number of anilines is 1. The van der Waals surface area contributed by atoms with Gasteiger partial charge in [0.2, 0.25) is 0 Å². The Hall–Kier alpha value is -3.82. The first-order valence-electron chi connectivity index (χ1n) is 8.37. The van der Waals surface area contributed by atoms with Crippen LogP contribution in [0.1, 0.15) is 17.3 Å². The fourth-order valence-corrected chi connectivity index (χ4v) is 2.46. The number of amides is 1. The SMILES string of the molecule is COc1cc([N+](=O)[O-])ccc1NC(=O)[C@@H](C)OC(=O)c1cccc(OC)c1OC. The zero-order valence-corrected chi connectivity index (χ0v) is 16.3. The smallest absolute Gasteiger partial charge is 0.342 e. The van der Waals surface area contributed by atoms with Gasteiger partial charge in [0.05, 0.1) is 38.0 Å². The molecule has 0 saturated heterocycles. The Balaban J connectivity index is 2.14. The summed E-state index contributed by atoms with van der Waals surface area (Å²) >= 11 is 0. The van der Waals surface area contributed by atoms with Gasteiger partial charge in [-0.1, -0.05) is 6.07 Å². The molecule has 10 heteroatoms. The summed E-state index contributed by atoms with van der Waals surface area (Å²) in [5.74, 6) is -0.800. The van der Waals surface area contributed by atoms with E-state index in [0.29, 0.717) is 5.75 Å². The molecule has 0 bridgehead atoms. The molecule has 1 N–H and O–H groups in total. The maximum atomic E-state index is 12.5. The number of para-hydroxylation sites is 1. The third-order valence-electron chi connectivity index (χ3n) is 3.93. The molecule has 0 aliphatic rings. The predicted molar refractivity (Wildman–Crippen MR) is 103 cm³/mol. The maximum Gasteiger partial charge on any atom is 0.342 e. The van der Waals surface area contributed by atoms with Crippen LogP contribution in [0.4, 0.5) is 11.4 Å². The van der Waals surface area contributed by atoms with Gasteiger partial charge in [0, 0.05) is 6.07 Å². The summed E-state index contributed by atoms with van der Waals surface area (Å²) in [5.41, 5.74) is 0.105. The third-order valence-corrected chi connectivity index (χ3v) is 3.93. The Bertz CT molecular complexity index is 928. The van der Waals surface area contributed by atoms with Crippen molar-refractivity contribution in [1.29, 1.82) is 0 Å². The molecule has 1 atom stereocenters. The van der Waals surface area contributed by atoms with Gasteiger partial charge >= 0.3 is 5.97 Å². The number of rotatable bonds is 8. The molecule has 2 aromatic rings. The Morgan fingerprint density at radius 1 is 1.03 bits per heavy atom. The van der Waals surface area contributed by atoms with Crippen LogP contribution < -0.4 is 19.5 Å².